The molecule has 0 radical (unpaired) electrons. The molecule has 2 heterocycles. The number of rotatable bonds is 3. The molecule has 1 aromatic rings. The van der Waals surface area contributed by atoms with Crippen LogP contribution in [-0.2, 0) is 4.79 Å². The van der Waals surface area contributed by atoms with Crippen LogP contribution >= 0.6 is 0 Å². The minimum Gasteiger partial charge on any atom is -0.454 e. The first kappa shape index (κ1) is 15.2. The van der Waals surface area contributed by atoms with E-state index in [2.05, 4.69) is 10.2 Å². The van der Waals surface area contributed by atoms with Crippen LogP contribution in [0.5, 0.6) is 11.5 Å². The molecule has 3 rings (SSSR count). The highest BCUT2D eigenvalue weighted by Crippen LogP contribution is 2.34. The van der Waals surface area contributed by atoms with Gasteiger partial charge >= 0.3 is 0 Å². The van der Waals surface area contributed by atoms with Gasteiger partial charge in [0.1, 0.15) is 0 Å². The standard InChI is InChI=1S/C17H24N2O3/c1-13(19-9-5-3-2-4-6-10-19)17(20)18-14-7-8-15-16(11-14)22-12-21-15/h7-8,11,13H,2-6,9-10,12H2,1H3,(H,18,20). The number of hydrogen-bond donors (Lipinski definition) is 1. The van der Waals surface area contributed by atoms with Gasteiger partial charge < -0.3 is 14.8 Å². The zero-order valence-electron chi connectivity index (χ0n) is 13.1. The third kappa shape index (κ3) is 3.53. The van der Waals surface area contributed by atoms with E-state index in [-0.39, 0.29) is 18.7 Å². The van der Waals surface area contributed by atoms with Crippen molar-refractivity contribution < 1.29 is 14.3 Å². The third-order valence-electron chi connectivity index (χ3n) is 4.46. The minimum atomic E-state index is -0.108. The molecule has 5 nitrogen and oxygen atoms in total. The average molecular weight is 304 g/mol. The van der Waals surface area contributed by atoms with Crippen molar-refractivity contribution in [1.29, 1.82) is 0 Å². The normalized spacial score (nSPS) is 20.0. The lowest BCUT2D eigenvalue weighted by atomic mass is 10.1. The zero-order valence-corrected chi connectivity index (χ0v) is 13.1. The Balaban J connectivity index is 1.60. The highest BCUT2D eigenvalue weighted by molar-refractivity contribution is 5.94. The van der Waals surface area contributed by atoms with E-state index in [4.69, 9.17) is 9.47 Å². The molecule has 5 heteroatoms. The van der Waals surface area contributed by atoms with Crippen LogP contribution in [0.25, 0.3) is 0 Å². The summed E-state index contributed by atoms with van der Waals surface area (Å²) in [6.45, 7) is 4.26. The number of carbonyl (C=O) groups excluding carboxylic acids is 1. The van der Waals surface area contributed by atoms with Gasteiger partial charge in [0, 0.05) is 11.8 Å². The zero-order chi connectivity index (χ0) is 15.4. The third-order valence-corrected chi connectivity index (χ3v) is 4.46. The van der Waals surface area contributed by atoms with Crippen LogP contribution < -0.4 is 14.8 Å². The predicted octanol–water partition coefficient (Wildman–Crippen LogP) is 3.01. The number of hydrogen-bond acceptors (Lipinski definition) is 4. The largest absolute Gasteiger partial charge is 0.454 e. The first-order valence-corrected chi connectivity index (χ1v) is 8.18. The number of carbonyl (C=O) groups is 1. The summed E-state index contributed by atoms with van der Waals surface area (Å²) in [6.07, 6.45) is 6.23. The monoisotopic (exact) mass is 304 g/mol. The van der Waals surface area contributed by atoms with Crippen molar-refractivity contribution in [3.8, 4) is 11.5 Å². The maximum atomic E-state index is 12.5. The summed E-state index contributed by atoms with van der Waals surface area (Å²) < 4.78 is 10.6. The second-order valence-electron chi connectivity index (χ2n) is 6.04. The molecule has 0 spiro atoms. The van der Waals surface area contributed by atoms with Crippen molar-refractivity contribution in [3.63, 3.8) is 0 Å². The topological polar surface area (TPSA) is 50.8 Å². The Morgan fingerprint density at radius 3 is 2.55 bits per heavy atom. The molecule has 1 unspecified atom stereocenters. The Hall–Kier alpha value is -1.75. The number of benzene rings is 1. The molecular weight excluding hydrogens is 280 g/mol. The van der Waals surface area contributed by atoms with Crippen LogP contribution in [0.15, 0.2) is 18.2 Å². The average Bonchev–Trinajstić information content (AvgIpc) is 2.94. The Labute approximate surface area is 131 Å². The van der Waals surface area contributed by atoms with E-state index in [9.17, 15) is 4.79 Å². The van der Waals surface area contributed by atoms with Gasteiger partial charge in [-0.2, -0.15) is 0 Å². The van der Waals surface area contributed by atoms with Gasteiger partial charge in [0.05, 0.1) is 6.04 Å². The van der Waals surface area contributed by atoms with Gasteiger partial charge in [0.15, 0.2) is 11.5 Å². The van der Waals surface area contributed by atoms with Crippen LogP contribution in [0, 0.1) is 0 Å². The first-order chi connectivity index (χ1) is 10.7. The Kier molecular flexibility index (Phi) is 4.83. The van der Waals surface area contributed by atoms with E-state index in [0.29, 0.717) is 5.75 Å². The fourth-order valence-electron chi connectivity index (χ4n) is 3.05. The van der Waals surface area contributed by atoms with Crippen molar-refractivity contribution in [3.05, 3.63) is 18.2 Å². The summed E-state index contributed by atoms with van der Waals surface area (Å²) in [5.74, 6) is 1.46. The Morgan fingerprint density at radius 1 is 1.09 bits per heavy atom. The second kappa shape index (κ2) is 7.01. The lowest BCUT2D eigenvalue weighted by molar-refractivity contribution is -0.120. The summed E-state index contributed by atoms with van der Waals surface area (Å²) >= 11 is 0. The molecule has 1 saturated heterocycles. The number of ether oxygens (including phenoxy) is 2. The Bertz CT molecular complexity index is 525. The highest BCUT2D eigenvalue weighted by Gasteiger charge is 2.22. The first-order valence-electron chi connectivity index (χ1n) is 8.18. The summed E-state index contributed by atoms with van der Waals surface area (Å²) in [7, 11) is 0. The number of amides is 1. The molecule has 1 N–H and O–H groups in total. The van der Waals surface area contributed by atoms with Crippen molar-refractivity contribution in [1.82, 2.24) is 4.90 Å². The molecule has 2 aliphatic rings. The van der Waals surface area contributed by atoms with E-state index in [0.717, 1.165) is 24.5 Å². The van der Waals surface area contributed by atoms with Gasteiger partial charge in [0.25, 0.3) is 0 Å². The van der Waals surface area contributed by atoms with Gasteiger partial charge in [-0.3, -0.25) is 9.69 Å². The van der Waals surface area contributed by atoms with Gasteiger partial charge in [0.2, 0.25) is 12.7 Å². The van der Waals surface area contributed by atoms with Gasteiger partial charge in [-0.15, -0.1) is 0 Å². The van der Waals surface area contributed by atoms with E-state index in [1.165, 1.54) is 32.1 Å². The molecule has 1 amide bonds. The number of likely N-dealkylation sites (tertiary alicyclic amines) is 1. The lowest BCUT2D eigenvalue weighted by Gasteiger charge is -2.29. The smallest absolute Gasteiger partial charge is 0.241 e. The van der Waals surface area contributed by atoms with Crippen molar-refractivity contribution in [2.24, 2.45) is 0 Å². The van der Waals surface area contributed by atoms with Crippen LogP contribution in [0.3, 0.4) is 0 Å². The van der Waals surface area contributed by atoms with E-state index in [1.807, 2.05) is 25.1 Å². The molecule has 2 aliphatic heterocycles. The van der Waals surface area contributed by atoms with Crippen molar-refractivity contribution >= 4 is 11.6 Å². The maximum absolute atomic E-state index is 12.5. The molecule has 0 aliphatic carbocycles. The van der Waals surface area contributed by atoms with Crippen LogP contribution in [0.4, 0.5) is 5.69 Å². The second-order valence-corrected chi connectivity index (χ2v) is 6.04. The minimum absolute atomic E-state index is 0.0411. The van der Waals surface area contributed by atoms with Crippen molar-refractivity contribution in [2.75, 3.05) is 25.2 Å². The quantitative estimate of drug-likeness (QED) is 0.932. The van der Waals surface area contributed by atoms with Gasteiger partial charge in [-0.1, -0.05) is 19.3 Å². The maximum Gasteiger partial charge on any atom is 0.241 e. The summed E-state index contributed by atoms with van der Waals surface area (Å²) in [6, 6.07) is 5.40. The number of fused-ring (bicyclic) bond motifs is 1. The summed E-state index contributed by atoms with van der Waals surface area (Å²) in [5, 5.41) is 2.99. The van der Waals surface area contributed by atoms with E-state index < -0.39 is 0 Å². The molecule has 1 atom stereocenters. The predicted molar refractivity (Wildman–Crippen MR) is 85.3 cm³/mol. The number of nitrogens with one attached hydrogen (secondary N) is 1. The van der Waals surface area contributed by atoms with Crippen LogP contribution in [0.2, 0.25) is 0 Å². The van der Waals surface area contributed by atoms with Gasteiger partial charge in [-0.05, 0) is 45.0 Å². The van der Waals surface area contributed by atoms with Crippen LogP contribution in [-0.4, -0.2) is 36.7 Å². The SMILES string of the molecule is CC(C(=O)Nc1ccc2c(c1)OCO2)N1CCCCCCC1. The summed E-state index contributed by atoms with van der Waals surface area (Å²) in [5.41, 5.74) is 0.758. The molecular formula is C17H24N2O3. The van der Waals surface area contributed by atoms with Crippen LogP contribution in [0.1, 0.15) is 39.0 Å². The number of nitrogens with zero attached hydrogens (tertiary/aromatic N) is 1. The molecule has 0 bridgehead atoms. The van der Waals surface area contributed by atoms with Crippen molar-refractivity contribution in [2.45, 2.75) is 45.1 Å². The molecule has 22 heavy (non-hydrogen) atoms. The fourth-order valence-corrected chi connectivity index (χ4v) is 3.05. The molecule has 1 fully saturated rings. The molecule has 0 saturated carbocycles. The van der Waals surface area contributed by atoms with Gasteiger partial charge in [-0.25, -0.2) is 0 Å². The Morgan fingerprint density at radius 2 is 1.77 bits per heavy atom. The molecule has 1 aromatic carbocycles. The number of anilines is 1. The lowest BCUT2D eigenvalue weighted by Crippen LogP contribution is -2.43. The molecule has 120 valence electrons. The molecule has 0 aromatic heterocycles. The summed E-state index contributed by atoms with van der Waals surface area (Å²) in [4.78, 5) is 14.8. The van der Waals surface area contributed by atoms with E-state index >= 15 is 0 Å². The highest BCUT2D eigenvalue weighted by atomic mass is 16.7. The van der Waals surface area contributed by atoms with E-state index in [1.54, 1.807) is 0 Å². The fraction of sp³-hybridized carbons (Fsp3) is 0.588.